The number of rotatable bonds is 5. The molecule has 1 aromatic carbocycles. The first-order chi connectivity index (χ1) is 12.7. The van der Waals surface area contributed by atoms with Gasteiger partial charge in [-0.3, -0.25) is 14.5 Å². The number of hydrogen-bond donors (Lipinski definition) is 1. The summed E-state index contributed by atoms with van der Waals surface area (Å²) in [6.07, 6.45) is 4.12. The van der Waals surface area contributed by atoms with Crippen LogP contribution in [0.4, 0.5) is 0 Å². The van der Waals surface area contributed by atoms with Crippen molar-refractivity contribution in [2.75, 3.05) is 13.2 Å². The fourth-order valence-electron chi connectivity index (χ4n) is 4.33. The van der Waals surface area contributed by atoms with Gasteiger partial charge in [0.2, 0.25) is 11.8 Å². The van der Waals surface area contributed by atoms with E-state index < -0.39 is 11.5 Å². The Balaban J connectivity index is 1.61. The summed E-state index contributed by atoms with van der Waals surface area (Å²) in [5, 5.41) is 10.4. The number of aliphatic hydroxyl groups excluding tert-OH is 1. The van der Waals surface area contributed by atoms with Gasteiger partial charge in [-0.15, -0.1) is 0 Å². The van der Waals surface area contributed by atoms with Gasteiger partial charge < -0.3 is 9.84 Å². The monoisotopic (exact) mass is 373 g/mol. The Kier molecular flexibility index (Phi) is 5.61. The summed E-state index contributed by atoms with van der Waals surface area (Å²) < 4.78 is 5.84. The number of benzene rings is 1. The minimum absolute atomic E-state index is 0.0110. The molecule has 2 amide bonds. The lowest BCUT2D eigenvalue weighted by molar-refractivity contribution is -0.144. The van der Waals surface area contributed by atoms with Crippen LogP contribution < -0.4 is 4.74 Å². The highest BCUT2D eigenvalue weighted by atomic mass is 16.5. The summed E-state index contributed by atoms with van der Waals surface area (Å²) in [7, 11) is 0. The van der Waals surface area contributed by atoms with Gasteiger partial charge in [-0.2, -0.15) is 0 Å². The van der Waals surface area contributed by atoms with Crippen LogP contribution in [0.15, 0.2) is 24.3 Å². The Hall–Kier alpha value is -1.88. The van der Waals surface area contributed by atoms with E-state index in [1.807, 2.05) is 24.3 Å². The van der Waals surface area contributed by atoms with Gasteiger partial charge >= 0.3 is 0 Å². The molecule has 0 aromatic heterocycles. The van der Waals surface area contributed by atoms with Gasteiger partial charge in [-0.1, -0.05) is 58.2 Å². The van der Waals surface area contributed by atoms with E-state index in [2.05, 4.69) is 20.8 Å². The van der Waals surface area contributed by atoms with Crippen molar-refractivity contribution in [2.24, 2.45) is 5.41 Å². The summed E-state index contributed by atoms with van der Waals surface area (Å²) in [5.41, 5.74) is 0.483. The maximum Gasteiger partial charge on any atom is 0.235 e. The van der Waals surface area contributed by atoms with Crippen molar-refractivity contribution < 1.29 is 19.4 Å². The van der Waals surface area contributed by atoms with Crippen molar-refractivity contribution in [1.29, 1.82) is 0 Å². The lowest BCUT2D eigenvalue weighted by atomic mass is 9.73. The van der Waals surface area contributed by atoms with Crippen LogP contribution >= 0.6 is 0 Å². The maximum absolute atomic E-state index is 12.8. The predicted molar refractivity (Wildman–Crippen MR) is 103 cm³/mol. The standard InChI is InChI=1S/C22H31NO4/c1-21(2,3)17-9-5-6-10-18(17)27-15-16(24)14-23-19(25)13-22(20(23)26)11-7-4-8-12-22/h5-6,9-10,16,24H,4,7-8,11-15H2,1-3H3. The van der Waals surface area contributed by atoms with Crippen LogP contribution in [0.1, 0.15) is 64.9 Å². The maximum atomic E-state index is 12.8. The van der Waals surface area contributed by atoms with Crippen molar-refractivity contribution in [2.45, 2.75) is 70.8 Å². The largest absolute Gasteiger partial charge is 0.491 e. The van der Waals surface area contributed by atoms with E-state index in [4.69, 9.17) is 4.74 Å². The smallest absolute Gasteiger partial charge is 0.235 e. The summed E-state index contributed by atoms with van der Waals surface area (Å²) >= 11 is 0. The summed E-state index contributed by atoms with van der Waals surface area (Å²) in [6.45, 7) is 6.39. The molecule has 5 heteroatoms. The van der Waals surface area contributed by atoms with E-state index in [0.29, 0.717) is 6.42 Å². The molecule has 0 radical (unpaired) electrons. The predicted octanol–water partition coefficient (Wildman–Crippen LogP) is 3.43. The zero-order chi connectivity index (χ0) is 19.7. The molecule has 0 bridgehead atoms. The van der Waals surface area contributed by atoms with E-state index in [0.717, 1.165) is 43.4 Å². The average molecular weight is 373 g/mol. The molecule has 1 N–H and O–H groups in total. The van der Waals surface area contributed by atoms with Crippen LogP contribution in [-0.4, -0.2) is 41.1 Å². The minimum atomic E-state index is -0.898. The van der Waals surface area contributed by atoms with Crippen LogP contribution in [0.5, 0.6) is 5.75 Å². The van der Waals surface area contributed by atoms with Crippen molar-refractivity contribution in [3.8, 4) is 5.75 Å². The molecular weight excluding hydrogens is 342 g/mol. The van der Waals surface area contributed by atoms with Crippen LogP contribution in [0, 0.1) is 5.41 Å². The SMILES string of the molecule is CC(C)(C)c1ccccc1OCC(O)CN1C(=O)CC2(CCCCC2)C1=O. The van der Waals surface area contributed by atoms with E-state index in [1.54, 1.807) is 0 Å². The Morgan fingerprint density at radius 3 is 2.48 bits per heavy atom. The Morgan fingerprint density at radius 2 is 1.81 bits per heavy atom. The lowest BCUT2D eigenvalue weighted by Gasteiger charge is -2.31. The Bertz CT molecular complexity index is 701. The van der Waals surface area contributed by atoms with Crippen molar-refractivity contribution in [3.05, 3.63) is 29.8 Å². The van der Waals surface area contributed by atoms with Gasteiger partial charge in [0.05, 0.1) is 12.0 Å². The van der Waals surface area contributed by atoms with E-state index in [9.17, 15) is 14.7 Å². The second-order valence-electron chi connectivity index (χ2n) is 9.04. The zero-order valence-corrected chi connectivity index (χ0v) is 16.7. The third kappa shape index (κ3) is 4.18. The molecule has 1 saturated heterocycles. The number of β-amino-alcohol motifs (C(OH)–C–C–N with tert-alkyl or cyclic N) is 1. The molecule has 2 aliphatic rings. The number of para-hydroxylation sites is 1. The molecule has 2 fully saturated rings. The number of nitrogens with zero attached hydrogens (tertiary/aromatic N) is 1. The zero-order valence-electron chi connectivity index (χ0n) is 16.7. The Morgan fingerprint density at radius 1 is 1.15 bits per heavy atom. The van der Waals surface area contributed by atoms with Gasteiger partial charge in [-0.05, 0) is 29.9 Å². The van der Waals surface area contributed by atoms with Crippen molar-refractivity contribution in [1.82, 2.24) is 4.90 Å². The molecule has 5 nitrogen and oxygen atoms in total. The minimum Gasteiger partial charge on any atom is -0.491 e. The Labute approximate surface area is 161 Å². The van der Waals surface area contributed by atoms with Crippen LogP contribution in [0.2, 0.25) is 0 Å². The molecule has 1 spiro atoms. The number of ether oxygens (including phenoxy) is 1. The fourth-order valence-corrected chi connectivity index (χ4v) is 4.33. The second kappa shape index (κ2) is 7.63. The number of likely N-dealkylation sites (tertiary alicyclic amines) is 1. The van der Waals surface area contributed by atoms with Gasteiger partial charge in [-0.25, -0.2) is 0 Å². The number of hydrogen-bond acceptors (Lipinski definition) is 4. The van der Waals surface area contributed by atoms with Gasteiger partial charge in [0.15, 0.2) is 0 Å². The summed E-state index contributed by atoms with van der Waals surface area (Å²) in [5.74, 6) is 0.476. The van der Waals surface area contributed by atoms with Crippen LogP contribution in [-0.2, 0) is 15.0 Å². The molecule has 27 heavy (non-hydrogen) atoms. The molecule has 1 aromatic rings. The highest BCUT2D eigenvalue weighted by Gasteiger charge is 2.51. The lowest BCUT2D eigenvalue weighted by Crippen LogP contribution is -2.42. The van der Waals surface area contributed by atoms with Crippen LogP contribution in [0.3, 0.4) is 0 Å². The first-order valence-corrected chi connectivity index (χ1v) is 9.98. The quantitative estimate of drug-likeness (QED) is 0.803. The van der Waals surface area contributed by atoms with Crippen molar-refractivity contribution in [3.63, 3.8) is 0 Å². The highest BCUT2D eigenvalue weighted by Crippen LogP contribution is 2.45. The molecule has 1 unspecified atom stereocenters. The number of amides is 2. The van der Waals surface area contributed by atoms with E-state index in [-0.39, 0.29) is 30.4 Å². The first kappa shape index (κ1) is 19.9. The third-order valence-corrected chi connectivity index (χ3v) is 5.82. The number of carbonyl (C=O) groups is 2. The normalized spacial score (nSPS) is 21.0. The second-order valence-corrected chi connectivity index (χ2v) is 9.04. The molecular formula is C22H31NO4. The van der Waals surface area contributed by atoms with Gasteiger partial charge in [0, 0.05) is 6.42 Å². The number of imide groups is 1. The topological polar surface area (TPSA) is 66.8 Å². The summed E-state index contributed by atoms with van der Waals surface area (Å²) in [6, 6.07) is 7.77. The number of aliphatic hydroxyl groups is 1. The fraction of sp³-hybridized carbons (Fsp3) is 0.636. The molecule has 3 rings (SSSR count). The molecule has 1 aliphatic carbocycles. The van der Waals surface area contributed by atoms with Gasteiger partial charge in [0.1, 0.15) is 18.5 Å². The molecule has 1 heterocycles. The summed E-state index contributed by atoms with van der Waals surface area (Å²) in [4.78, 5) is 26.5. The highest BCUT2D eigenvalue weighted by molar-refractivity contribution is 6.06. The average Bonchev–Trinajstić information content (AvgIpc) is 2.84. The molecule has 1 atom stereocenters. The molecule has 1 saturated carbocycles. The molecule has 1 aliphatic heterocycles. The van der Waals surface area contributed by atoms with E-state index >= 15 is 0 Å². The third-order valence-electron chi connectivity index (χ3n) is 5.82. The van der Waals surface area contributed by atoms with Gasteiger partial charge in [0.25, 0.3) is 0 Å². The first-order valence-electron chi connectivity index (χ1n) is 9.98. The molecule has 148 valence electrons. The number of carbonyl (C=O) groups excluding carboxylic acids is 2. The van der Waals surface area contributed by atoms with Crippen LogP contribution in [0.25, 0.3) is 0 Å². The van der Waals surface area contributed by atoms with Crippen molar-refractivity contribution >= 4 is 11.8 Å². The van der Waals surface area contributed by atoms with E-state index in [1.165, 1.54) is 4.90 Å².